The van der Waals surface area contributed by atoms with Gasteiger partial charge in [-0.25, -0.2) is 0 Å². The smallest absolute Gasteiger partial charge is 0.305 e. The standard InChI is InChI=1S/C67H129NO5/c1-3-5-7-9-11-13-15-36-39-43-47-51-55-59-65(70)64(63-69)68-66(71)60-56-52-48-44-40-37-34-32-30-28-26-24-22-20-18-17-19-21-23-25-27-29-31-33-35-38-42-46-50-54-58-62-73-67(72)61-57-53-49-45-41-16-14-12-10-8-6-4-2/h19,21,25,27,64-65,69-70H,3-18,20,22-24,26,28-63H2,1-2H3,(H,68,71)/b21-19-,27-25-. The van der Waals surface area contributed by atoms with Gasteiger partial charge in [0.15, 0.2) is 0 Å². The lowest BCUT2D eigenvalue weighted by atomic mass is 10.0. The van der Waals surface area contributed by atoms with Gasteiger partial charge < -0.3 is 20.3 Å². The van der Waals surface area contributed by atoms with Gasteiger partial charge in [-0.1, -0.05) is 321 Å². The Kier molecular flexibility index (Phi) is 61.4. The molecule has 0 aromatic carbocycles. The van der Waals surface area contributed by atoms with Crippen LogP contribution in [0.3, 0.4) is 0 Å². The summed E-state index contributed by atoms with van der Waals surface area (Å²) in [7, 11) is 0. The number of rotatable bonds is 62. The van der Waals surface area contributed by atoms with Gasteiger partial charge in [0.05, 0.1) is 25.4 Å². The van der Waals surface area contributed by atoms with Crippen molar-refractivity contribution >= 4 is 11.9 Å². The van der Waals surface area contributed by atoms with Gasteiger partial charge in [0.1, 0.15) is 0 Å². The second-order valence-corrected chi connectivity index (χ2v) is 22.8. The van der Waals surface area contributed by atoms with Crippen molar-refractivity contribution in [1.82, 2.24) is 5.32 Å². The maximum Gasteiger partial charge on any atom is 0.305 e. The molecule has 2 atom stereocenters. The molecule has 0 radical (unpaired) electrons. The van der Waals surface area contributed by atoms with Crippen molar-refractivity contribution in [3.05, 3.63) is 24.3 Å². The number of esters is 1. The zero-order valence-electron chi connectivity index (χ0n) is 49.4. The van der Waals surface area contributed by atoms with Crippen LogP contribution in [-0.4, -0.2) is 47.4 Å². The van der Waals surface area contributed by atoms with Crippen molar-refractivity contribution < 1.29 is 24.5 Å². The number of aliphatic hydroxyl groups excluding tert-OH is 2. The molecule has 0 bridgehead atoms. The van der Waals surface area contributed by atoms with Gasteiger partial charge in [0.2, 0.25) is 5.91 Å². The minimum atomic E-state index is -0.662. The number of unbranched alkanes of at least 4 members (excludes halogenated alkanes) is 47. The molecule has 0 rings (SSSR count). The highest BCUT2D eigenvalue weighted by Gasteiger charge is 2.20. The lowest BCUT2D eigenvalue weighted by Gasteiger charge is -2.22. The first-order valence-corrected chi connectivity index (χ1v) is 33.1. The molecule has 73 heavy (non-hydrogen) atoms. The first-order chi connectivity index (χ1) is 36.0. The fourth-order valence-corrected chi connectivity index (χ4v) is 10.4. The van der Waals surface area contributed by atoms with Crippen LogP contribution in [0.2, 0.25) is 0 Å². The fourth-order valence-electron chi connectivity index (χ4n) is 10.4. The maximum absolute atomic E-state index is 12.5. The number of hydrogen-bond acceptors (Lipinski definition) is 5. The Morgan fingerprint density at radius 2 is 0.685 bits per heavy atom. The average Bonchev–Trinajstić information content (AvgIpc) is 3.39. The van der Waals surface area contributed by atoms with Gasteiger partial charge >= 0.3 is 5.97 Å². The van der Waals surface area contributed by atoms with Gasteiger partial charge in [-0.2, -0.15) is 0 Å². The number of carbonyl (C=O) groups excluding carboxylic acids is 2. The summed E-state index contributed by atoms with van der Waals surface area (Å²) < 4.78 is 5.47. The van der Waals surface area contributed by atoms with Crippen molar-refractivity contribution in [3.8, 4) is 0 Å². The summed E-state index contributed by atoms with van der Waals surface area (Å²) in [6.07, 6.45) is 77.9. The molecule has 0 aliphatic rings. The zero-order chi connectivity index (χ0) is 52.9. The summed E-state index contributed by atoms with van der Waals surface area (Å²) in [6, 6.07) is -0.540. The topological polar surface area (TPSA) is 95.9 Å². The van der Waals surface area contributed by atoms with Gasteiger partial charge in [-0.05, 0) is 57.8 Å². The molecule has 0 fully saturated rings. The Hall–Kier alpha value is -1.66. The maximum atomic E-state index is 12.5. The number of allylic oxidation sites excluding steroid dienone is 4. The monoisotopic (exact) mass is 1030 g/mol. The predicted octanol–water partition coefficient (Wildman–Crippen LogP) is 21.0. The average molecular weight is 1030 g/mol. The third-order valence-corrected chi connectivity index (χ3v) is 15.5. The van der Waals surface area contributed by atoms with Crippen molar-refractivity contribution in [3.63, 3.8) is 0 Å². The predicted molar refractivity (Wildman–Crippen MR) is 320 cm³/mol. The Morgan fingerprint density at radius 3 is 1.04 bits per heavy atom. The molecule has 6 heteroatoms. The van der Waals surface area contributed by atoms with E-state index in [4.69, 9.17) is 4.74 Å². The first-order valence-electron chi connectivity index (χ1n) is 33.1. The molecule has 0 saturated heterocycles. The van der Waals surface area contributed by atoms with Crippen molar-refractivity contribution in [2.75, 3.05) is 13.2 Å². The molecule has 0 aliphatic heterocycles. The minimum absolute atomic E-state index is 0.0142. The Balaban J connectivity index is 3.38. The highest BCUT2D eigenvalue weighted by molar-refractivity contribution is 5.76. The molecule has 6 nitrogen and oxygen atoms in total. The van der Waals surface area contributed by atoms with Crippen molar-refractivity contribution in [2.24, 2.45) is 0 Å². The van der Waals surface area contributed by atoms with Crippen LogP contribution in [0.1, 0.15) is 367 Å². The van der Waals surface area contributed by atoms with Crippen LogP contribution >= 0.6 is 0 Å². The summed E-state index contributed by atoms with van der Waals surface area (Å²) in [5, 5.41) is 23.3. The molecule has 432 valence electrons. The molecule has 2 unspecified atom stereocenters. The van der Waals surface area contributed by atoms with E-state index >= 15 is 0 Å². The molecule has 0 aromatic heterocycles. The third kappa shape index (κ3) is 59.4. The summed E-state index contributed by atoms with van der Waals surface area (Å²) in [5.74, 6) is -0.0185. The fraction of sp³-hybridized carbons (Fsp3) is 0.910. The summed E-state index contributed by atoms with van der Waals surface area (Å²) in [5.41, 5.74) is 0. The zero-order valence-corrected chi connectivity index (χ0v) is 49.4. The number of amides is 1. The number of aliphatic hydroxyl groups is 2. The number of carbonyl (C=O) groups is 2. The Labute approximate surface area is 456 Å². The van der Waals surface area contributed by atoms with Crippen LogP contribution in [0.5, 0.6) is 0 Å². The molecule has 0 spiro atoms. The van der Waals surface area contributed by atoms with E-state index in [1.165, 1.54) is 289 Å². The highest BCUT2D eigenvalue weighted by Crippen LogP contribution is 2.18. The molecule has 1 amide bonds. The lowest BCUT2D eigenvalue weighted by Crippen LogP contribution is -2.45. The van der Waals surface area contributed by atoms with Crippen molar-refractivity contribution in [2.45, 2.75) is 379 Å². The first kappa shape index (κ1) is 71.3. The summed E-state index contributed by atoms with van der Waals surface area (Å²) in [6.45, 7) is 4.97. The molecule has 0 heterocycles. The lowest BCUT2D eigenvalue weighted by molar-refractivity contribution is -0.143. The van der Waals surface area contributed by atoms with Gasteiger partial charge in [-0.3, -0.25) is 9.59 Å². The van der Waals surface area contributed by atoms with Gasteiger partial charge in [0.25, 0.3) is 0 Å². The molecule has 3 N–H and O–H groups in total. The normalized spacial score (nSPS) is 12.7. The van der Waals surface area contributed by atoms with Crippen LogP contribution in [0.4, 0.5) is 0 Å². The quantitative estimate of drug-likeness (QED) is 0.0320. The highest BCUT2D eigenvalue weighted by atomic mass is 16.5. The van der Waals surface area contributed by atoms with Crippen LogP contribution in [0, 0.1) is 0 Å². The molecule has 0 saturated carbocycles. The van der Waals surface area contributed by atoms with Crippen LogP contribution in [-0.2, 0) is 14.3 Å². The minimum Gasteiger partial charge on any atom is -0.466 e. The van der Waals surface area contributed by atoms with Crippen LogP contribution < -0.4 is 5.32 Å². The number of ether oxygens (including phenoxy) is 1. The SMILES string of the molecule is CCCCCCCCCCCCCCCC(O)C(CO)NC(=O)CCCCCCCCCCCCCCCCC/C=C\C/C=C\CCCCCCCCCCCOC(=O)CCCCCCCCCCCCCC. The van der Waals surface area contributed by atoms with E-state index in [0.29, 0.717) is 25.9 Å². The summed E-state index contributed by atoms with van der Waals surface area (Å²) >= 11 is 0. The van der Waals surface area contributed by atoms with Gasteiger partial charge in [0, 0.05) is 12.8 Å². The second kappa shape index (κ2) is 62.9. The van der Waals surface area contributed by atoms with Crippen molar-refractivity contribution in [1.29, 1.82) is 0 Å². The molecular formula is C67H129NO5. The molecular weight excluding hydrogens is 899 g/mol. The van der Waals surface area contributed by atoms with E-state index in [1.807, 2.05) is 0 Å². The van der Waals surface area contributed by atoms with E-state index in [9.17, 15) is 19.8 Å². The second-order valence-electron chi connectivity index (χ2n) is 22.8. The molecule has 0 aromatic rings. The van der Waals surface area contributed by atoms with E-state index in [2.05, 4.69) is 43.5 Å². The third-order valence-electron chi connectivity index (χ3n) is 15.5. The Bertz CT molecular complexity index is 1140. The van der Waals surface area contributed by atoms with E-state index in [0.717, 1.165) is 44.9 Å². The van der Waals surface area contributed by atoms with Crippen LogP contribution in [0.25, 0.3) is 0 Å². The van der Waals surface area contributed by atoms with E-state index in [-0.39, 0.29) is 18.5 Å². The number of nitrogens with one attached hydrogen (secondary N) is 1. The van der Waals surface area contributed by atoms with Crippen LogP contribution in [0.15, 0.2) is 24.3 Å². The Morgan fingerprint density at radius 1 is 0.384 bits per heavy atom. The summed E-state index contributed by atoms with van der Waals surface area (Å²) in [4.78, 5) is 24.5. The largest absolute Gasteiger partial charge is 0.466 e. The van der Waals surface area contributed by atoms with E-state index in [1.54, 1.807) is 0 Å². The number of hydrogen-bond donors (Lipinski definition) is 3. The molecule has 0 aliphatic carbocycles. The van der Waals surface area contributed by atoms with E-state index < -0.39 is 12.1 Å². The van der Waals surface area contributed by atoms with Gasteiger partial charge in [-0.15, -0.1) is 0 Å².